The molecule has 19 heavy (non-hydrogen) atoms. The van der Waals surface area contributed by atoms with Crippen LogP contribution in [0.25, 0.3) is 0 Å². The molecule has 104 valence electrons. The first-order chi connectivity index (χ1) is 9.34. The number of rotatable bonds is 6. The van der Waals surface area contributed by atoms with Crippen molar-refractivity contribution < 1.29 is 14.3 Å². The average Bonchev–Trinajstić information content (AvgIpc) is 2.47. The van der Waals surface area contributed by atoms with E-state index >= 15 is 0 Å². The summed E-state index contributed by atoms with van der Waals surface area (Å²) in [5.41, 5.74) is 0. The van der Waals surface area contributed by atoms with Gasteiger partial charge in [-0.1, -0.05) is 18.2 Å². The summed E-state index contributed by atoms with van der Waals surface area (Å²) in [6.45, 7) is 2.75. The van der Waals surface area contributed by atoms with Crippen molar-refractivity contribution >= 4 is 5.91 Å². The van der Waals surface area contributed by atoms with Gasteiger partial charge in [-0.25, -0.2) is 0 Å². The Kier molecular flexibility index (Phi) is 5.69. The molecular weight excluding hydrogens is 242 g/mol. The molecule has 0 radical (unpaired) electrons. The van der Waals surface area contributed by atoms with Gasteiger partial charge in [0.2, 0.25) is 5.91 Å². The lowest BCUT2D eigenvalue weighted by molar-refractivity contribution is -0.122. The zero-order valence-corrected chi connectivity index (χ0v) is 11.1. The molecule has 1 atom stereocenters. The van der Waals surface area contributed by atoms with Crippen molar-refractivity contribution in [2.75, 3.05) is 26.4 Å². The summed E-state index contributed by atoms with van der Waals surface area (Å²) < 4.78 is 10.9. The van der Waals surface area contributed by atoms with E-state index in [1.807, 2.05) is 30.3 Å². The van der Waals surface area contributed by atoms with Gasteiger partial charge >= 0.3 is 0 Å². The summed E-state index contributed by atoms with van der Waals surface area (Å²) in [5, 5.41) is 2.94. The number of benzene rings is 1. The van der Waals surface area contributed by atoms with Crippen molar-refractivity contribution in [3.8, 4) is 5.75 Å². The second-order valence-corrected chi connectivity index (χ2v) is 4.80. The van der Waals surface area contributed by atoms with Crippen molar-refractivity contribution in [3.05, 3.63) is 30.3 Å². The lowest BCUT2D eigenvalue weighted by Gasteiger charge is -2.22. The minimum Gasteiger partial charge on any atom is -0.493 e. The average molecular weight is 263 g/mol. The summed E-state index contributed by atoms with van der Waals surface area (Å²) in [4.78, 5) is 11.6. The summed E-state index contributed by atoms with van der Waals surface area (Å²) in [6.07, 6.45) is 2.63. The third kappa shape index (κ3) is 5.30. The van der Waals surface area contributed by atoms with E-state index in [9.17, 15) is 4.79 Å². The minimum absolute atomic E-state index is 0.0431. The molecule has 0 unspecified atom stereocenters. The lowest BCUT2D eigenvalue weighted by Crippen LogP contribution is -2.33. The lowest BCUT2D eigenvalue weighted by atomic mass is 10.0. The Morgan fingerprint density at radius 2 is 2.21 bits per heavy atom. The fraction of sp³-hybridized carbons (Fsp3) is 0.533. The summed E-state index contributed by atoms with van der Waals surface area (Å²) in [5.74, 6) is 1.31. The van der Waals surface area contributed by atoms with E-state index in [0.29, 0.717) is 25.5 Å². The van der Waals surface area contributed by atoms with Crippen molar-refractivity contribution in [3.63, 3.8) is 0 Å². The molecular formula is C15H21NO3. The molecule has 0 saturated carbocycles. The number of hydrogen-bond donors (Lipinski definition) is 1. The van der Waals surface area contributed by atoms with Crippen LogP contribution in [0.1, 0.15) is 19.3 Å². The predicted molar refractivity (Wildman–Crippen MR) is 73.1 cm³/mol. The highest BCUT2D eigenvalue weighted by Gasteiger charge is 2.14. The van der Waals surface area contributed by atoms with Gasteiger partial charge in [0.15, 0.2) is 0 Å². The molecule has 1 aromatic carbocycles. The fourth-order valence-electron chi connectivity index (χ4n) is 2.09. The van der Waals surface area contributed by atoms with Gasteiger partial charge in [-0.05, 0) is 30.9 Å². The van der Waals surface area contributed by atoms with E-state index in [1.165, 1.54) is 0 Å². The fourth-order valence-corrected chi connectivity index (χ4v) is 2.09. The number of amides is 1. The summed E-state index contributed by atoms with van der Waals surface area (Å²) in [6, 6.07) is 9.54. The second-order valence-electron chi connectivity index (χ2n) is 4.80. The second kappa shape index (κ2) is 7.79. The normalized spacial score (nSPS) is 18.8. The maximum Gasteiger partial charge on any atom is 0.223 e. The van der Waals surface area contributed by atoms with Crippen LogP contribution in [0.3, 0.4) is 0 Å². The van der Waals surface area contributed by atoms with Crippen LogP contribution in [0.2, 0.25) is 0 Å². The van der Waals surface area contributed by atoms with Crippen LogP contribution < -0.4 is 10.1 Å². The van der Waals surface area contributed by atoms with Crippen LogP contribution in [0.5, 0.6) is 5.75 Å². The van der Waals surface area contributed by atoms with Crippen molar-refractivity contribution in [1.29, 1.82) is 0 Å². The predicted octanol–water partition coefficient (Wildman–Crippen LogP) is 2.00. The quantitative estimate of drug-likeness (QED) is 0.854. The number of para-hydroxylation sites is 1. The molecule has 0 spiro atoms. The van der Waals surface area contributed by atoms with Crippen molar-refractivity contribution in [1.82, 2.24) is 5.32 Å². The van der Waals surface area contributed by atoms with Crippen LogP contribution in [0, 0.1) is 5.92 Å². The van der Waals surface area contributed by atoms with Gasteiger partial charge < -0.3 is 14.8 Å². The zero-order chi connectivity index (χ0) is 13.3. The summed E-state index contributed by atoms with van der Waals surface area (Å²) >= 11 is 0. The van der Waals surface area contributed by atoms with Gasteiger partial charge in [-0.15, -0.1) is 0 Å². The third-order valence-corrected chi connectivity index (χ3v) is 3.18. The number of ether oxygens (including phenoxy) is 2. The van der Waals surface area contributed by atoms with Gasteiger partial charge in [0.1, 0.15) is 5.75 Å². The molecule has 1 amide bonds. The Bertz CT molecular complexity index is 374. The molecule has 4 heteroatoms. The molecule has 4 nitrogen and oxygen atoms in total. The van der Waals surface area contributed by atoms with Gasteiger partial charge in [0.05, 0.1) is 19.6 Å². The number of carbonyl (C=O) groups is 1. The minimum atomic E-state index is 0.0431. The topological polar surface area (TPSA) is 47.6 Å². The third-order valence-electron chi connectivity index (χ3n) is 3.18. The Hall–Kier alpha value is -1.55. The largest absolute Gasteiger partial charge is 0.493 e. The maximum absolute atomic E-state index is 11.6. The number of nitrogens with one attached hydrogen (secondary N) is 1. The first kappa shape index (κ1) is 13.9. The highest BCUT2D eigenvalue weighted by molar-refractivity contribution is 5.75. The highest BCUT2D eigenvalue weighted by atomic mass is 16.5. The van der Waals surface area contributed by atoms with Gasteiger partial charge in [-0.3, -0.25) is 4.79 Å². The highest BCUT2D eigenvalue weighted by Crippen LogP contribution is 2.12. The first-order valence-electron chi connectivity index (χ1n) is 6.87. The molecule has 1 aliphatic rings. The van der Waals surface area contributed by atoms with E-state index in [0.717, 1.165) is 31.8 Å². The molecule has 0 bridgehead atoms. The van der Waals surface area contributed by atoms with Gasteiger partial charge in [0.25, 0.3) is 0 Å². The van der Waals surface area contributed by atoms with Crippen molar-refractivity contribution in [2.24, 2.45) is 5.92 Å². The van der Waals surface area contributed by atoms with Crippen LogP contribution in [-0.4, -0.2) is 32.3 Å². The van der Waals surface area contributed by atoms with Crippen LogP contribution in [0.15, 0.2) is 30.3 Å². The molecule has 1 aromatic rings. The molecule has 1 aliphatic heterocycles. The van der Waals surface area contributed by atoms with Crippen LogP contribution in [0.4, 0.5) is 0 Å². The Balaban J connectivity index is 1.57. The molecule has 2 rings (SSSR count). The Morgan fingerprint density at radius 3 is 2.95 bits per heavy atom. The van der Waals surface area contributed by atoms with Crippen LogP contribution >= 0.6 is 0 Å². The molecule has 0 aliphatic carbocycles. The van der Waals surface area contributed by atoms with Crippen molar-refractivity contribution in [2.45, 2.75) is 19.3 Å². The first-order valence-corrected chi connectivity index (χ1v) is 6.87. The zero-order valence-electron chi connectivity index (χ0n) is 11.1. The molecule has 1 fully saturated rings. The smallest absolute Gasteiger partial charge is 0.223 e. The maximum atomic E-state index is 11.6. The number of carbonyl (C=O) groups excluding carboxylic acids is 1. The number of hydrogen-bond acceptors (Lipinski definition) is 3. The van der Waals surface area contributed by atoms with E-state index in [-0.39, 0.29) is 5.91 Å². The van der Waals surface area contributed by atoms with Gasteiger partial charge in [0, 0.05) is 13.2 Å². The molecule has 0 aromatic heterocycles. The monoisotopic (exact) mass is 263 g/mol. The Labute approximate surface area is 114 Å². The Morgan fingerprint density at radius 1 is 1.37 bits per heavy atom. The van der Waals surface area contributed by atoms with E-state index < -0.39 is 0 Å². The van der Waals surface area contributed by atoms with E-state index in [2.05, 4.69) is 5.32 Å². The SMILES string of the molecule is O=C(CCOc1ccccc1)NC[C@@H]1CCCOC1. The molecule has 1 heterocycles. The van der Waals surface area contributed by atoms with E-state index in [1.54, 1.807) is 0 Å². The molecule has 1 N–H and O–H groups in total. The van der Waals surface area contributed by atoms with Crippen LogP contribution in [-0.2, 0) is 9.53 Å². The van der Waals surface area contributed by atoms with E-state index in [4.69, 9.17) is 9.47 Å². The molecule has 1 saturated heterocycles. The standard InChI is InChI=1S/C15H21NO3/c17-15(16-11-13-5-4-9-18-12-13)8-10-19-14-6-2-1-3-7-14/h1-3,6-7,13H,4-5,8-12H2,(H,16,17)/t13-/m0/s1. The summed E-state index contributed by atoms with van der Waals surface area (Å²) in [7, 11) is 0. The van der Waals surface area contributed by atoms with Gasteiger partial charge in [-0.2, -0.15) is 0 Å².